The number of aliphatic hydroxyl groups is 1. The van der Waals surface area contributed by atoms with Crippen LogP contribution in [0.1, 0.15) is 6.42 Å². The van der Waals surface area contributed by atoms with Crippen LogP contribution in [0.15, 0.2) is 30.5 Å². The third-order valence-corrected chi connectivity index (χ3v) is 3.10. The zero-order valence-electron chi connectivity index (χ0n) is 11.8. The number of aromatic nitrogens is 1. The molecule has 2 aromatic rings. The topological polar surface area (TPSA) is 63.6 Å². The van der Waals surface area contributed by atoms with E-state index in [0.29, 0.717) is 19.6 Å². The maximum Gasteiger partial charge on any atom is 0.133 e. The third kappa shape index (κ3) is 3.59. The molecule has 2 N–H and O–H groups in total. The van der Waals surface area contributed by atoms with Crippen LogP contribution in [0.25, 0.3) is 10.8 Å². The first-order chi connectivity index (χ1) is 9.74. The van der Waals surface area contributed by atoms with Crippen molar-refractivity contribution in [3.8, 4) is 5.75 Å². The second-order valence-electron chi connectivity index (χ2n) is 4.57. The molecule has 0 spiro atoms. The molecule has 20 heavy (non-hydrogen) atoms. The molecule has 0 fully saturated rings. The van der Waals surface area contributed by atoms with E-state index in [9.17, 15) is 5.11 Å². The molecule has 2 rings (SSSR count). The summed E-state index contributed by atoms with van der Waals surface area (Å²) in [5, 5.41) is 15.0. The lowest BCUT2D eigenvalue weighted by Gasteiger charge is -2.12. The Morgan fingerprint density at radius 2 is 2.15 bits per heavy atom. The van der Waals surface area contributed by atoms with Gasteiger partial charge in [0.25, 0.3) is 0 Å². The fourth-order valence-corrected chi connectivity index (χ4v) is 2.06. The quantitative estimate of drug-likeness (QED) is 0.810. The highest BCUT2D eigenvalue weighted by Gasteiger charge is 2.06. The first kappa shape index (κ1) is 14.6. The minimum Gasteiger partial charge on any atom is -0.497 e. The molecule has 0 amide bonds. The van der Waals surface area contributed by atoms with Crippen molar-refractivity contribution in [2.45, 2.75) is 12.5 Å². The summed E-state index contributed by atoms with van der Waals surface area (Å²) < 4.78 is 10.1. The van der Waals surface area contributed by atoms with E-state index in [-0.39, 0.29) is 0 Å². The maximum atomic E-state index is 9.61. The molecule has 5 nitrogen and oxygen atoms in total. The van der Waals surface area contributed by atoms with Crippen molar-refractivity contribution >= 4 is 16.6 Å². The molecule has 1 aromatic carbocycles. The Balaban J connectivity index is 2.06. The summed E-state index contributed by atoms with van der Waals surface area (Å²) in [7, 11) is 3.23. The summed E-state index contributed by atoms with van der Waals surface area (Å²) in [6, 6.07) is 7.81. The number of ether oxygens (including phenoxy) is 2. The minimum absolute atomic E-state index is 0.349. The van der Waals surface area contributed by atoms with E-state index in [2.05, 4.69) is 10.3 Å². The molecule has 0 aliphatic carbocycles. The molecule has 1 unspecified atom stereocenters. The Morgan fingerprint density at radius 1 is 1.30 bits per heavy atom. The van der Waals surface area contributed by atoms with Crippen molar-refractivity contribution in [2.75, 3.05) is 32.7 Å². The van der Waals surface area contributed by atoms with Gasteiger partial charge in [-0.15, -0.1) is 0 Å². The van der Waals surface area contributed by atoms with Gasteiger partial charge in [-0.3, -0.25) is 0 Å². The molecule has 1 atom stereocenters. The van der Waals surface area contributed by atoms with Crippen LogP contribution in [0.2, 0.25) is 0 Å². The van der Waals surface area contributed by atoms with Gasteiger partial charge in [0.15, 0.2) is 0 Å². The van der Waals surface area contributed by atoms with Crippen molar-refractivity contribution in [1.82, 2.24) is 4.98 Å². The number of benzene rings is 1. The molecule has 1 aromatic heterocycles. The molecule has 108 valence electrons. The molecule has 1 heterocycles. The highest BCUT2D eigenvalue weighted by molar-refractivity contribution is 5.92. The number of nitrogens with one attached hydrogen (secondary N) is 1. The second-order valence-corrected chi connectivity index (χ2v) is 4.57. The van der Waals surface area contributed by atoms with Crippen LogP contribution in [0.5, 0.6) is 5.75 Å². The van der Waals surface area contributed by atoms with Crippen LogP contribution < -0.4 is 10.1 Å². The zero-order valence-corrected chi connectivity index (χ0v) is 11.8. The predicted octanol–water partition coefficient (Wildman–Crippen LogP) is 2.05. The summed E-state index contributed by atoms with van der Waals surface area (Å²) in [5.74, 6) is 1.64. The lowest BCUT2D eigenvalue weighted by Crippen LogP contribution is -2.18. The van der Waals surface area contributed by atoms with E-state index in [1.54, 1.807) is 20.4 Å². The number of hydrogen-bond acceptors (Lipinski definition) is 5. The number of hydrogen-bond donors (Lipinski definition) is 2. The van der Waals surface area contributed by atoms with Crippen molar-refractivity contribution in [3.05, 3.63) is 30.5 Å². The lowest BCUT2D eigenvalue weighted by atomic mass is 10.1. The van der Waals surface area contributed by atoms with Crippen molar-refractivity contribution in [3.63, 3.8) is 0 Å². The third-order valence-electron chi connectivity index (χ3n) is 3.10. The molecule has 0 aliphatic rings. The number of aliphatic hydroxyl groups excluding tert-OH is 1. The number of methoxy groups -OCH3 is 2. The van der Waals surface area contributed by atoms with Gasteiger partial charge in [0, 0.05) is 25.2 Å². The van der Waals surface area contributed by atoms with Gasteiger partial charge < -0.3 is 19.9 Å². The number of anilines is 1. The SMILES string of the molecule is COCC(O)CCNc1nccc2cc(OC)ccc12. The molecule has 0 radical (unpaired) electrons. The normalized spacial score (nSPS) is 12.3. The van der Waals surface area contributed by atoms with E-state index >= 15 is 0 Å². The average Bonchev–Trinajstić information content (AvgIpc) is 2.47. The highest BCUT2D eigenvalue weighted by Crippen LogP contribution is 2.25. The number of fused-ring (bicyclic) bond motifs is 1. The van der Waals surface area contributed by atoms with E-state index in [1.165, 1.54) is 0 Å². The summed E-state index contributed by atoms with van der Waals surface area (Å²) in [6.07, 6.45) is 1.92. The second kappa shape index (κ2) is 7.07. The highest BCUT2D eigenvalue weighted by atomic mass is 16.5. The monoisotopic (exact) mass is 276 g/mol. The molecular formula is C15H20N2O3. The van der Waals surface area contributed by atoms with Crippen molar-refractivity contribution in [1.29, 1.82) is 0 Å². The van der Waals surface area contributed by atoms with Gasteiger partial charge in [-0.25, -0.2) is 4.98 Å². The number of pyridine rings is 1. The van der Waals surface area contributed by atoms with Crippen LogP contribution in [0.4, 0.5) is 5.82 Å². The van der Waals surface area contributed by atoms with Gasteiger partial charge in [0.1, 0.15) is 11.6 Å². The van der Waals surface area contributed by atoms with Gasteiger partial charge in [-0.05, 0) is 36.1 Å². The van der Waals surface area contributed by atoms with Gasteiger partial charge in [0.2, 0.25) is 0 Å². The number of nitrogens with zero attached hydrogens (tertiary/aromatic N) is 1. The molecule has 0 saturated carbocycles. The smallest absolute Gasteiger partial charge is 0.133 e. The molecule has 5 heteroatoms. The van der Waals surface area contributed by atoms with Crippen LogP contribution in [-0.4, -0.2) is 43.6 Å². The van der Waals surface area contributed by atoms with Crippen LogP contribution in [-0.2, 0) is 4.74 Å². The van der Waals surface area contributed by atoms with Gasteiger partial charge in [-0.1, -0.05) is 0 Å². The molecule has 0 saturated heterocycles. The number of rotatable bonds is 7. The fraction of sp³-hybridized carbons (Fsp3) is 0.400. The first-order valence-electron chi connectivity index (χ1n) is 6.58. The van der Waals surface area contributed by atoms with E-state index in [0.717, 1.165) is 22.3 Å². The lowest BCUT2D eigenvalue weighted by molar-refractivity contribution is 0.0615. The Hall–Kier alpha value is -1.85. The summed E-state index contributed by atoms with van der Waals surface area (Å²) in [5.41, 5.74) is 0. The molecule has 0 aliphatic heterocycles. The van der Waals surface area contributed by atoms with Gasteiger partial charge in [0.05, 0.1) is 19.8 Å². The molecular weight excluding hydrogens is 256 g/mol. The standard InChI is InChI=1S/C15H20N2O3/c1-19-10-12(18)6-8-17-15-14-4-3-13(20-2)9-11(14)5-7-16-15/h3-5,7,9,12,18H,6,8,10H2,1-2H3,(H,16,17). The Labute approximate surface area is 118 Å². The van der Waals surface area contributed by atoms with Gasteiger partial charge >= 0.3 is 0 Å². The van der Waals surface area contributed by atoms with Crippen molar-refractivity contribution < 1.29 is 14.6 Å². The van der Waals surface area contributed by atoms with E-state index < -0.39 is 6.10 Å². The van der Waals surface area contributed by atoms with Crippen LogP contribution in [0.3, 0.4) is 0 Å². The van der Waals surface area contributed by atoms with Crippen LogP contribution >= 0.6 is 0 Å². The Kier molecular flexibility index (Phi) is 5.15. The summed E-state index contributed by atoms with van der Waals surface area (Å²) >= 11 is 0. The first-order valence-corrected chi connectivity index (χ1v) is 6.58. The zero-order chi connectivity index (χ0) is 14.4. The fourth-order valence-electron chi connectivity index (χ4n) is 2.06. The summed E-state index contributed by atoms with van der Waals surface area (Å²) in [6.45, 7) is 0.991. The van der Waals surface area contributed by atoms with E-state index in [4.69, 9.17) is 9.47 Å². The van der Waals surface area contributed by atoms with Gasteiger partial charge in [-0.2, -0.15) is 0 Å². The average molecular weight is 276 g/mol. The van der Waals surface area contributed by atoms with E-state index in [1.807, 2.05) is 24.3 Å². The minimum atomic E-state index is -0.456. The largest absolute Gasteiger partial charge is 0.497 e. The maximum absolute atomic E-state index is 9.61. The summed E-state index contributed by atoms with van der Waals surface area (Å²) in [4.78, 5) is 4.34. The van der Waals surface area contributed by atoms with Crippen LogP contribution in [0, 0.1) is 0 Å². The predicted molar refractivity (Wildman–Crippen MR) is 79.3 cm³/mol. The van der Waals surface area contributed by atoms with Crippen molar-refractivity contribution in [2.24, 2.45) is 0 Å². The Morgan fingerprint density at radius 3 is 2.90 bits per heavy atom. The molecule has 0 bridgehead atoms. The Bertz CT molecular complexity index is 560.